The molecule has 21 heavy (non-hydrogen) atoms. The summed E-state index contributed by atoms with van der Waals surface area (Å²) in [7, 11) is -3.16. The number of hydrogen-bond donors (Lipinski definition) is 1. The van der Waals surface area contributed by atoms with Gasteiger partial charge in [-0.1, -0.05) is 12.1 Å². The van der Waals surface area contributed by atoms with Gasteiger partial charge in [0, 0.05) is 11.9 Å². The zero-order valence-corrected chi connectivity index (χ0v) is 12.6. The quantitative estimate of drug-likeness (QED) is 0.344. The normalized spacial score (nSPS) is 12.7. The van der Waals surface area contributed by atoms with Gasteiger partial charge >= 0.3 is 5.97 Å². The van der Waals surface area contributed by atoms with Gasteiger partial charge in [0.25, 0.3) is 5.69 Å². The smallest absolute Gasteiger partial charge is 0.323 e. The van der Waals surface area contributed by atoms with Crippen molar-refractivity contribution in [2.45, 2.75) is 17.4 Å². The average Bonchev–Trinajstić information content (AvgIpc) is 2.45. The Bertz CT molecular complexity index is 633. The molecule has 8 nitrogen and oxygen atoms in total. The number of alkyl halides is 1. The molecule has 0 saturated carbocycles. The van der Waals surface area contributed by atoms with Crippen molar-refractivity contribution in [1.29, 1.82) is 0 Å². The lowest BCUT2D eigenvalue weighted by Crippen LogP contribution is -2.41. The molecule has 1 rings (SSSR count). The summed E-state index contributed by atoms with van der Waals surface area (Å²) in [6.45, 7) is 0. The van der Waals surface area contributed by atoms with Gasteiger partial charge in [0.05, 0.1) is 12.0 Å². The van der Waals surface area contributed by atoms with Crippen molar-refractivity contribution in [1.82, 2.24) is 4.72 Å². The Balaban J connectivity index is 3.16. The third kappa shape index (κ3) is 4.38. The molecule has 1 atom stereocenters. The van der Waals surface area contributed by atoms with Crippen molar-refractivity contribution in [2.24, 2.45) is 0 Å². The summed E-state index contributed by atoms with van der Waals surface area (Å²) in [6, 6.07) is 3.61. The van der Waals surface area contributed by atoms with Crippen LogP contribution in [0.3, 0.4) is 0 Å². The predicted octanol–water partition coefficient (Wildman–Crippen LogP) is 1.04. The summed E-state index contributed by atoms with van der Waals surface area (Å²) in [6.07, 6.45) is -0.00586. The molecule has 0 saturated heterocycles. The highest BCUT2D eigenvalue weighted by molar-refractivity contribution is 7.89. The van der Waals surface area contributed by atoms with Crippen LogP contribution in [-0.2, 0) is 19.6 Å². The third-order valence-electron chi connectivity index (χ3n) is 2.53. The highest BCUT2D eigenvalue weighted by Gasteiger charge is 2.30. The Morgan fingerprint density at radius 2 is 2.10 bits per heavy atom. The minimum Gasteiger partial charge on any atom is -0.468 e. The van der Waals surface area contributed by atoms with E-state index in [1.54, 1.807) is 0 Å². The number of sulfonamides is 1. The second-order valence-electron chi connectivity index (χ2n) is 3.90. The van der Waals surface area contributed by atoms with Crippen LogP contribution in [0.1, 0.15) is 6.42 Å². The molecular formula is C11H13ClN2O6S. The van der Waals surface area contributed by atoms with Crippen LogP contribution >= 0.6 is 11.6 Å². The van der Waals surface area contributed by atoms with Crippen LogP contribution in [0.2, 0.25) is 0 Å². The molecule has 10 heteroatoms. The van der Waals surface area contributed by atoms with E-state index in [0.29, 0.717) is 0 Å². The molecule has 0 aromatic heterocycles. The number of carbonyl (C=O) groups is 1. The number of nitrogens with zero attached hydrogens (tertiary/aromatic N) is 1. The van der Waals surface area contributed by atoms with E-state index in [-0.39, 0.29) is 12.3 Å². The van der Waals surface area contributed by atoms with E-state index in [0.717, 1.165) is 19.2 Å². The molecule has 0 heterocycles. The third-order valence-corrected chi connectivity index (χ3v) is 4.27. The lowest BCUT2D eigenvalue weighted by molar-refractivity contribution is -0.387. The molecule has 1 N–H and O–H groups in total. The number of rotatable bonds is 7. The monoisotopic (exact) mass is 336 g/mol. The van der Waals surface area contributed by atoms with Crippen LogP contribution in [0, 0.1) is 10.1 Å². The molecule has 0 fully saturated rings. The second-order valence-corrected chi connectivity index (χ2v) is 5.96. The van der Waals surface area contributed by atoms with Crippen molar-refractivity contribution in [3.63, 3.8) is 0 Å². The Labute approximate surface area is 126 Å². The molecule has 116 valence electrons. The fourth-order valence-electron chi connectivity index (χ4n) is 1.56. The second kappa shape index (κ2) is 7.34. The number of nitrogens with one attached hydrogen (secondary N) is 1. The maximum absolute atomic E-state index is 12.2. The van der Waals surface area contributed by atoms with Gasteiger partial charge in [-0.05, 0) is 12.5 Å². The van der Waals surface area contributed by atoms with Gasteiger partial charge in [0.2, 0.25) is 10.0 Å². The number of methoxy groups -OCH3 is 1. The highest BCUT2D eigenvalue weighted by atomic mass is 35.5. The fourth-order valence-corrected chi connectivity index (χ4v) is 3.17. The first kappa shape index (κ1) is 17.3. The van der Waals surface area contributed by atoms with Gasteiger partial charge < -0.3 is 4.74 Å². The largest absolute Gasteiger partial charge is 0.468 e. The first-order valence-corrected chi connectivity index (χ1v) is 7.74. The van der Waals surface area contributed by atoms with Crippen molar-refractivity contribution in [3.05, 3.63) is 34.4 Å². The standard InChI is InChI=1S/C11H13ClN2O6S/c1-20-11(15)8(6-7-12)13-21(18,19)10-5-3-2-4-9(10)14(16)17/h2-5,8,13H,6-7H2,1H3/t8-/m0/s1. The molecule has 0 spiro atoms. The molecule has 0 bridgehead atoms. The fraction of sp³-hybridized carbons (Fsp3) is 0.364. The van der Waals surface area contributed by atoms with Crippen LogP contribution in [0.15, 0.2) is 29.2 Å². The van der Waals surface area contributed by atoms with Crippen molar-refractivity contribution < 1.29 is 22.9 Å². The lowest BCUT2D eigenvalue weighted by Gasteiger charge is -2.15. The summed E-state index contributed by atoms with van der Waals surface area (Å²) in [5.74, 6) is -0.808. The van der Waals surface area contributed by atoms with Gasteiger partial charge in [-0.15, -0.1) is 11.6 Å². The van der Waals surface area contributed by atoms with Crippen molar-refractivity contribution in [3.8, 4) is 0 Å². The Morgan fingerprint density at radius 3 is 2.62 bits per heavy atom. The van der Waals surface area contributed by atoms with E-state index in [1.165, 1.54) is 12.1 Å². The Kier molecular flexibility index (Phi) is 6.06. The predicted molar refractivity (Wildman–Crippen MR) is 74.6 cm³/mol. The molecule has 0 aliphatic rings. The van der Waals surface area contributed by atoms with Gasteiger partial charge in [0.1, 0.15) is 6.04 Å². The minimum absolute atomic E-state index is 0.00586. The van der Waals surface area contributed by atoms with E-state index in [9.17, 15) is 23.3 Å². The van der Waals surface area contributed by atoms with Crippen molar-refractivity contribution >= 4 is 33.3 Å². The van der Waals surface area contributed by atoms with Crippen LogP contribution < -0.4 is 4.72 Å². The number of para-hydroxylation sites is 1. The number of halogens is 1. The maximum Gasteiger partial charge on any atom is 0.323 e. The van der Waals surface area contributed by atoms with E-state index >= 15 is 0 Å². The van der Waals surface area contributed by atoms with Crippen LogP contribution in [0.5, 0.6) is 0 Å². The molecule has 0 unspecified atom stereocenters. The Morgan fingerprint density at radius 1 is 1.48 bits per heavy atom. The molecule has 0 aliphatic heterocycles. The minimum atomic E-state index is -4.26. The molecular weight excluding hydrogens is 324 g/mol. The number of carbonyl (C=O) groups excluding carboxylic acids is 1. The number of nitro groups is 1. The number of ether oxygens (including phenoxy) is 1. The van der Waals surface area contributed by atoms with Crippen LogP contribution in [0.4, 0.5) is 5.69 Å². The summed E-state index contributed by atoms with van der Waals surface area (Å²) < 4.78 is 30.9. The van der Waals surface area contributed by atoms with Crippen LogP contribution in [0.25, 0.3) is 0 Å². The first-order valence-electron chi connectivity index (χ1n) is 5.73. The number of esters is 1. The summed E-state index contributed by atoms with van der Waals surface area (Å²) in [5.41, 5.74) is -0.584. The SMILES string of the molecule is COC(=O)[C@H](CCCl)NS(=O)(=O)c1ccccc1[N+](=O)[O-]. The van der Waals surface area contributed by atoms with Gasteiger partial charge in [-0.2, -0.15) is 4.72 Å². The summed E-state index contributed by atoms with van der Waals surface area (Å²) >= 11 is 5.50. The molecule has 1 aromatic carbocycles. The number of nitro benzene ring substituents is 1. The molecule has 1 aromatic rings. The van der Waals surface area contributed by atoms with Gasteiger partial charge in [-0.25, -0.2) is 8.42 Å². The number of hydrogen-bond acceptors (Lipinski definition) is 6. The number of benzene rings is 1. The van der Waals surface area contributed by atoms with E-state index in [1.807, 2.05) is 0 Å². The highest BCUT2D eigenvalue weighted by Crippen LogP contribution is 2.23. The molecule has 0 amide bonds. The van der Waals surface area contributed by atoms with Gasteiger partial charge in [-0.3, -0.25) is 14.9 Å². The van der Waals surface area contributed by atoms with Crippen molar-refractivity contribution in [2.75, 3.05) is 13.0 Å². The molecule has 0 radical (unpaired) electrons. The summed E-state index contributed by atoms with van der Waals surface area (Å²) in [4.78, 5) is 21.0. The first-order chi connectivity index (χ1) is 9.83. The van der Waals surface area contributed by atoms with E-state index in [2.05, 4.69) is 9.46 Å². The van der Waals surface area contributed by atoms with E-state index < -0.39 is 37.5 Å². The average molecular weight is 337 g/mol. The zero-order valence-electron chi connectivity index (χ0n) is 11.0. The maximum atomic E-state index is 12.2. The summed E-state index contributed by atoms with van der Waals surface area (Å²) in [5, 5.41) is 10.9. The lowest BCUT2D eigenvalue weighted by atomic mass is 10.2. The van der Waals surface area contributed by atoms with Gasteiger partial charge in [0.15, 0.2) is 4.90 Å². The molecule has 0 aliphatic carbocycles. The topological polar surface area (TPSA) is 116 Å². The Hall–Kier alpha value is -1.71. The van der Waals surface area contributed by atoms with E-state index in [4.69, 9.17) is 11.6 Å². The van der Waals surface area contributed by atoms with Crippen LogP contribution in [-0.4, -0.2) is 38.3 Å². The zero-order chi connectivity index (χ0) is 16.0.